The summed E-state index contributed by atoms with van der Waals surface area (Å²) in [6, 6.07) is 7.37. The largest absolute Gasteiger partial charge is 0.441 e. The van der Waals surface area contributed by atoms with Crippen LogP contribution in [0.15, 0.2) is 24.3 Å². The van der Waals surface area contributed by atoms with Gasteiger partial charge in [-0.05, 0) is 30.8 Å². The maximum atomic E-state index is 12.0. The second kappa shape index (κ2) is 4.83. The summed E-state index contributed by atoms with van der Waals surface area (Å²) in [7, 11) is 0. The van der Waals surface area contributed by atoms with Gasteiger partial charge in [0.2, 0.25) is 0 Å². The van der Waals surface area contributed by atoms with Crippen LogP contribution in [0.3, 0.4) is 0 Å². The number of anilines is 1. The highest BCUT2D eigenvalue weighted by molar-refractivity contribution is 5.90. The minimum atomic E-state index is -0.321. The van der Waals surface area contributed by atoms with Gasteiger partial charge in [-0.15, -0.1) is 0 Å². The van der Waals surface area contributed by atoms with Gasteiger partial charge in [-0.3, -0.25) is 4.90 Å². The molecule has 0 saturated carbocycles. The highest BCUT2D eigenvalue weighted by atomic mass is 16.6. The van der Waals surface area contributed by atoms with Gasteiger partial charge >= 0.3 is 6.09 Å². The summed E-state index contributed by atoms with van der Waals surface area (Å²) in [4.78, 5) is 13.7. The molecule has 5 heteroatoms. The van der Waals surface area contributed by atoms with E-state index < -0.39 is 0 Å². The average Bonchev–Trinajstić information content (AvgIpc) is 2.76. The zero-order valence-electron chi connectivity index (χ0n) is 10.8. The molecule has 5 nitrogen and oxygen atoms in total. The number of hydrogen-bond donors (Lipinski definition) is 2. The molecule has 2 fully saturated rings. The van der Waals surface area contributed by atoms with Gasteiger partial charge in [0.15, 0.2) is 0 Å². The third-order valence-corrected chi connectivity index (χ3v) is 3.92. The number of benzene rings is 1. The number of aliphatic hydroxyl groups excluding tert-OH is 1. The summed E-state index contributed by atoms with van der Waals surface area (Å²) in [5.41, 5.74) is 1.35. The summed E-state index contributed by atoms with van der Waals surface area (Å²) in [6.45, 7) is 2.42. The second-order valence-corrected chi connectivity index (χ2v) is 5.21. The van der Waals surface area contributed by atoms with E-state index in [0.29, 0.717) is 6.54 Å². The Bertz CT molecular complexity index is 466. The molecule has 19 heavy (non-hydrogen) atoms. The summed E-state index contributed by atoms with van der Waals surface area (Å²) >= 11 is 0. The number of piperidine rings is 1. The van der Waals surface area contributed by atoms with Crippen LogP contribution in [-0.2, 0) is 11.3 Å². The van der Waals surface area contributed by atoms with E-state index >= 15 is 0 Å². The number of aliphatic hydroxyl groups is 1. The molecule has 0 radical (unpaired) electrons. The lowest BCUT2D eigenvalue weighted by atomic mass is 9.92. The molecule has 2 aliphatic heterocycles. The molecule has 0 bridgehead atoms. The zero-order chi connectivity index (χ0) is 13.3. The fourth-order valence-electron chi connectivity index (χ4n) is 2.75. The van der Waals surface area contributed by atoms with Crippen molar-refractivity contribution >= 4 is 11.8 Å². The van der Waals surface area contributed by atoms with Gasteiger partial charge < -0.3 is 15.2 Å². The molecular formula is C14H18N2O3. The number of carbonyl (C=O) groups is 1. The van der Waals surface area contributed by atoms with Crippen LogP contribution in [0.1, 0.15) is 18.4 Å². The number of rotatable bonds is 2. The van der Waals surface area contributed by atoms with E-state index in [1.807, 2.05) is 24.3 Å². The molecule has 1 amide bonds. The molecule has 1 aromatic rings. The second-order valence-electron chi connectivity index (χ2n) is 5.21. The van der Waals surface area contributed by atoms with E-state index in [1.54, 1.807) is 4.90 Å². The average molecular weight is 262 g/mol. The SMILES string of the molecule is O=C1OC2(CCNCC2)CN1c1ccc(CO)cc1. The van der Waals surface area contributed by atoms with Crippen molar-refractivity contribution in [1.82, 2.24) is 5.32 Å². The van der Waals surface area contributed by atoms with Crippen LogP contribution >= 0.6 is 0 Å². The molecule has 3 rings (SSSR count). The Labute approximate surface area is 112 Å². The molecule has 2 heterocycles. The standard InChI is InChI=1S/C14H18N2O3/c17-9-11-1-3-12(4-2-11)16-10-14(19-13(16)18)5-7-15-8-6-14/h1-4,15,17H,5-10H2. The molecule has 2 saturated heterocycles. The fraction of sp³-hybridized carbons (Fsp3) is 0.500. The number of carbonyl (C=O) groups excluding carboxylic acids is 1. The minimum absolute atomic E-state index is 0.0142. The molecule has 102 valence electrons. The Balaban J connectivity index is 1.79. The van der Waals surface area contributed by atoms with Gasteiger partial charge in [-0.2, -0.15) is 0 Å². The first-order valence-electron chi connectivity index (χ1n) is 6.63. The Hall–Kier alpha value is -1.59. The first-order chi connectivity index (χ1) is 9.22. The summed E-state index contributed by atoms with van der Waals surface area (Å²) in [5, 5.41) is 12.3. The van der Waals surface area contributed by atoms with E-state index in [0.717, 1.165) is 37.2 Å². The van der Waals surface area contributed by atoms with Crippen LogP contribution in [0.4, 0.5) is 10.5 Å². The van der Waals surface area contributed by atoms with Crippen molar-refractivity contribution in [2.75, 3.05) is 24.5 Å². The van der Waals surface area contributed by atoms with Gasteiger partial charge in [-0.1, -0.05) is 12.1 Å². The molecule has 0 aliphatic carbocycles. The van der Waals surface area contributed by atoms with Crippen LogP contribution in [0.2, 0.25) is 0 Å². The quantitative estimate of drug-likeness (QED) is 0.842. The van der Waals surface area contributed by atoms with Crippen LogP contribution in [0.5, 0.6) is 0 Å². The van der Waals surface area contributed by atoms with Gasteiger partial charge in [0, 0.05) is 18.5 Å². The van der Waals surface area contributed by atoms with Crippen LogP contribution in [0.25, 0.3) is 0 Å². The number of hydrogen-bond acceptors (Lipinski definition) is 4. The Kier molecular flexibility index (Phi) is 3.16. The Morgan fingerprint density at radius 3 is 2.58 bits per heavy atom. The van der Waals surface area contributed by atoms with E-state index in [1.165, 1.54) is 0 Å². The monoisotopic (exact) mass is 262 g/mol. The van der Waals surface area contributed by atoms with Gasteiger partial charge in [0.1, 0.15) is 5.60 Å². The van der Waals surface area contributed by atoms with Crippen molar-refractivity contribution in [2.24, 2.45) is 0 Å². The lowest BCUT2D eigenvalue weighted by Crippen LogP contribution is -2.44. The fourth-order valence-corrected chi connectivity index (χ4v) is 2.75. The van der Waals surface area contributed by atoms with Crippen molar-refractivity contribution < 1.29 is 14.6 Å². The zero-order valence-corrected chi connectivity index (χ0v) is 10.8. The smallest absolute Gasteiger partial charge is 0.415 e. The van der Waals surface area contributed by atoms with E-state index in [2.05, 4.69) is 5.32 Å². The summed E-state index contributed by atoms with van der Waals surface area (Å²) in [6.07, 6.45) is 1.46. The minimum Gasteiger partial charge on any atom is -0.441 e. The number of nitrogens with one attached hydrogen (secondary N) is 1. The maximum Gasteiger partial charge on any atom is 0.415 e. The normalized spacial score (nSPS) is 21.7. The highest BCUT2D eigenvalue weighted by Gasteiger charge is 2.46. The topological polar surface area (TPSA) is 61.8 Å². The Morgan fingerprint density at radius 1 is 1.26 bits per heavy atom. The van der Waals surface area contributed by atoms with Crippen molar-refractivity contribution in [2.45, 2.75) is 25.0 Å². The van der Waals surface area contributed by atoms with Crippen molar-refractivity contribution in [3.8, 4) is 0 Å². The van der Waals surface area contributed by atoms with Gasteiger partial charge in [-0.25, -0.2) is 4.79 Å². The Morgan fingerprint density at radius 2 is 1.95 bits per heavy atom. The lowest BCUT2D eigenvalue weighted by Gasteiger charge is -2.31. The van der Waals surface area contributed by atoms with E-state index in [4.69, 9.17) is 9.84 Å². The lowest BCUT2D eigenvalue weighted by molar-refractivity contribution is 0.0316. The first-order valence-corrected chi connectivity index (χ1v) is 6.63. The van der Waals surface area contributed by atoms with E-state index in [-0.39, 0.29) is 18.3 Å². The predicted molar refractivity (Wildman–Crippen MR) is 71.0 cm³/mol. The molecule has 1 aromatic carbocycles. The van der Waals surface area contributed by atoms with E-state index in [9.17, 15) is 4.79 Å². The third kappa shape index (κ3) is 2.31. The first kappa shape index (κ1) is 12.4. The molecule has 0 unspecified atom stereocenters. The van der Waals surface area contributed by atoms with Crippen molar-refractivity contribution in [3.63, 3.8) is 0 Å². The van der Waals surface area contributed by atoms with Crippen molar-refractivity contribution in [3.05, 3.63) is 29.8 Å². The molecule has 2 aliphatic rings. The van der Waals surface area contributed by atoms with Gasteiger partial charge in [0.05, 0.1) is 13.2 Å². The number of nitrogens with zero attached hydrogens (tertiary/aromatic N) is 1. The summed E-state index contributed by atoms with van der Waals surface area (Å²) < 4.78 is 5.61. The van der Waals surface area contributed by atoms with Crippen LogP contribution in [0, 0.1) is 0 Å². The highest BCUT2D eigenvalue weighted by Crippen LogP contribution is 2.34. The van der Waals surface area contributed by atoms with Crippen LogP contribution in [-0.4, -0.2) is 36.4 Å². The van der Waals surface area contributed by atoms with Crippen LogP contribution < -0.4 is 10.2 Å². The molecule has 0 aromatic heterocycles. The maximum absolute atomic E-state index is 12.0. The molecule has 0 atom stereocenters. The number of ether oxygens (including phenoxy) is 1. The third-order valence-electron chi connectivity index (χ3n) is 3.92. The predicted octanol–water partition coefficient (Wildman–Crippen LogP) is 1.26. The molecule has 2 N–H and O–H groups in total. The summed E-state index contributed by atoms with van der Waals surface area (Å²) in [5.74, 6) is 0. The molecule has 1 spiro atoms. The van der Waals surface area contributed by atoms with Crippen molar-refractivity contribution in [1.29, 1.82) is 0 Å². The molecular weight excluding hydrogens is 244 g/mol. The van der Waals surface area contributed by atoms with Gasteiger partial charge in [0.25, 0.3) is 0 Å². The number of amides is 1.